The molecule has 0 aliphatic rings. The molecule has 0 spiro atoms. The van der Waals surface area contributed by atoms with Crippen molar-refractivity contribution in [3.05, 3.63) is 35.4 Å². The normalized spacial score (nSPS) is 10.9. The number of benzene rings is 1. The van der Waals surface area contributed by atoms with Crippen molar-refractivity contribution in [3.8, 4) is 0 Å². The molecule has 0 aromatic heterocycles. The maximum Gasteiger partial charge on any atom is 0.0905 e. The Balaban J connectivity index is 0. The van der Waals surface area contributed by atoms with Gasteiger partial charge >= 0.3 is 0 Å². The second-order valence-corrected chi connectivity index (χ2v) is 5.58. The first-order chi connectivity index (χ1) is 9.16. The SMILES string of the molecule is CC.COC(C)(C)C(C)(C)OC.Cc1ccc(C)cc1. The third-order valence-corrected chi connectivity index (χ3v) is 3.69. The molecule has 1 aromatic carbocycles. The maximum absolute atomic E-state index is 5.27. The van der Waals surface area contributed by atoms with E-state index in [9.17, 15) is 0 Å². The molecule has 0 amide bonds. The van der Waals surface area contributed by atoms with Crippen LogP contribution in [0.15, 0.2) is 24.3 Å². The zero-order chi connectivity index (χ0) is 16.4. The van der Waals surface area contributed by atoms with Gasteiger partial charge in [0.05, 0.1) is 11.2 Å². The first kappa shape index (κ1) is 21.4. The van der Waals surface area contributed by atoms with E-state index >= 15 is 0 Å². The molecule has 0 fully saturated rings. The van der Waals surface area contributed by atoms with Crippen LogP contribution in [0.25, 0.3) is 0 Å². The molecule has 0 radical (unpaired) electrons. The van der Waals surface area contributed by atoms with Gasteiger partial charge in [-0.05, 0) is 41.5 Å². The fourth-order valence-electron chi connectivity index (χ4n) is 1.13. The van der Waals surface area contributed by atoms with Crippen molar-refractivity contribution in [2.75, 3.05) is 14.2 Å². The third kappa shape index (κ3) is 7.66. The van der Waals surface area contributed by atoms with E-state index in [0.717, 1.165) is 0 Å². The van der Waals surface area contributed by atoms with Crippen molar-refractivity contribution < 1.29 is 9.47 Å². The van der Waals surface area contributed by atoms with Crippen LogP contribution in [-0.2, 0) is 9.47 Å². The van der Waals surface area contributed by atoms with Crippen LogP contribution in [0.2, 0.25) is 0 Å². The molecule has 0 saturated carbocycles. The van der Waals surface area contributed by atoms with Crippen LogP contribution in [0.1, 0.15) is 52.7 Å². The summed E-state index contributed by atoms with van der Waals surface area (Å²) in [6.45, 7) is 16.2. The van der Waals surface area contributed by atoms with Gasteiger partial charge in [0.2, 0.25) is 0 Å². The topological polar surface area (TPSA) is 18.5 Å². The van der Waals surface area contributed by atoms with Gasteiger partial charge in [-0.15, -0.1) is 0 Å². The number of hydrogen-bond acceptors (Lipinski definition) is 2. The van der Waals surface area contributed by atoms with Crippen molar-refractivity contribution >= 4 is 0 Å². The highest BCUT2D eigenvalue weighted by molar-refractivity contribution is 5.19. The summed E-state index contributed by atoms with van der Waals surface area (Å²) in [5.41, 5.74) is 2.19. The van der Waals surface area contributed by atoms with Crippen LogP contribution in [0, 0.1) is 13.8 Å². The number of hydrogen-bond donors (Lipinski definition) is 0. The lowest BCUT2D eigenvalue weighted by Crippen LogP contribution is -2.48. The fourth-order valence-corrected chi connectivity index (χ4v) is 1.13. The Labute approximate surface area is 126 Å². The molecule has 0 N–H and O–H groups in total. The first-order valence-electron chi connectivity index (χ1n) is 7.30. The maximum atomic E-state index is 5.27. The monoisotopic (exact) mass is 282 g/mol. The molecule has 1 rings (SSSR count). The Morgan fingerprint density at radius 2 is 0.850 bits per heavy atom. The molecule has 0 heterocycles. The molecule has 2 nitrogen and oxygen atoms in total. The smallest absolute Gasteiger partial charge is 0.0905 e. The van der Waals surface area contributed by atoms with Gasteiger partial charge in [0, 0.05) is 14.2 Å². The van der Waals surface area contributed by atoms with E-state index in [-0.39, 0.29) is 11.2 Å². The minimum Gasteiger partial charge on any atom is -0.376 e. The Kier molecular flexibility index (Phi) is 10.7. The van der Waals surface area contributed by atoms with Crippen LogP contribution in [-0.4, -0.2) is 25.4 Å². The van der Waals surface area contributed by atoms with Gasteiger partial charge in [-0.25, -0.2) is 0 Å². The summed E-state index contributed by atoms with van der Waals surface area (Å²) in [6, 6.07) is 8.48. The van der Waals surface area contributed by atoms with E-state index in [1.165, 1.54) is 11.1 Å². The number of ether oxygens (including phenoxy) is 2. The molecule has 0 saturated heterocycles. The molecule has 0 atom stereocenters. The molecular weight excluding hydrogens is 248 g/mol. The Morgan fingerprint density at radius 3 is 1.00 bits per heavy atom. The van der Waals surface area contributed by atoms with E-state index < -0.39 is 0 Å². The summed E-state index contributed by atoms with van der Waals surface area (Å²) in [7, 11) is 3.39. The molecule has 0 aliphatic carbocycles. The molecule has 1 aromatic rings. The van der Waals surface area contributed by atoms with Gasteiger partial charge in [-0.1, -0.05) is 49.2 Å². The zero-order valence-corrected chi connectivity index (χ0v) is 15.1. The van der Waals surface area contributed by atoms with Gasteiger partial charge in [0.1, 0.15) is 0 Å². The second kappa shape index (κ2) is 9.95. The standard InChI is InChI=1S/C8H18O2.C8H10.C2H6/c1-7(2,9-5)8(3,4)10-6;1-7-3-5-8(2)6-4-7;1-2/h1-6H3;3-6H,1-2H3;1-2H3. The average Bonchev–Trinajstić information content (AvgIpc) is 2.44. The predicted molar refractivity (Wildman–Crippen MR) is 89.4 cm³/mol. The van der Waals surface area contributed by atoms with Gasteiger partial charge in [-0.2, -0.15) is 0 Å². The summed E-state index contributed by atoms with van der Waals surface area (Å²) >= 11 is 0. The lowest BCUT2D eigenvalue weighted by atomic mass is 9.89. The van der Waals surface area contributed by atoms with E-state index in [1.807, 2.05) is 41.5 Å². The lowest BCUT2D eigenvalue weighted by molar-refractivity contribution is -0.147. The summed E-state index contributed by atoms with van der Waals surface area (Å²) in [4.78, 5) is 0. The van der Waals surface area contributed by atoms with E-state index in [2.05, 4.69) is 38.1 Å². The summed E-state index contributed by atoms with van der Waals surface area (Å²) in [5.74, 6) is 0. The Bertz CT molecular complexity index is 302. The van der Waals surface area contributed by atoms with Gasteiger partial charge < -0.3 is 9.47 Å². The van der Waals surface area contributed by atoms with Crippen molar-refractivity contribution in [1.29, 1.82) is 0 Å². The molecule has 0 aliphatic heterocycles. The van der Waals surface area contributed by atoms with Crippen LogP contribution in [0.4, 0.5) is 0 Å². The average molecular weight is 282 g/mol. The van der Waals surface area contributed by atoms with Crippen LogP contribution in [0.5, 0.6) is 0 Å². The van der Waals surface area contributed by atoms with Crippen LogP contribution >= 0.6 is 0 Å². The van der Waals surface area contributed by atoms with Crippen molar-refractivity contribution in [2.24, 2.45) is 0 Å². The predicted octanol–water partition coefficient (Wildman–Crippen LogP) is 5.17. The minimum atomic E-state index is -0.234. The Morgan fingerprint density at radius 1 is 0.650 bits per heavy atom. The molecule has 0 bridgehead atoms. The molecular formula is C18H34O2. The molecule has 2 heteroatoms. The molecule has 0 unspecified atom stereocenters. The van der Waals surface area contributed by atoms with Crippen molar-refractivity contribution in [2.45, 2.75) is 66.6 Å². The van der Waals surface area contributed by atoms with E-state index in [4.69, 9.17) is 9.47 Å². The minimum absolute atomic E-state index is 0.234. The fraction of sp³-hybridized carbons (Fsp3) is 0.667. The Hall–Kier alpha value is -0.860. The quantitative estimate of drug-likeness (QED) is 0.761. The van der Waals surface area contributed by atoms with Crippen LogP contribution < -0.4 is 0 Å². The summed E-state index contributed by atoms with van der Waals surface area (Å²) in [6.07, 6.45) is 0. The van der Waals surface area contributed by atoms with Crippen LogP contribution in [0.3, 0.4) is 0 Å². The van der Waals surface area contributed by atoms with Gasteiger partial charge in [0.25, 0.3) is 0 Å². The highest BCUT2D eigenvalue weighted by Crippen LogP contribution is 2.27. The summed E-state index contributed by atoms with van der Waals surface area (Å²) < 4.78 is 10.5. The van der Waals surface area contributed by atoms with E-state index in [0.29, 0.717) is 0 Å². The largest absolute Gasteiger partial charge is 0.376 e. The van der Waals surface area contributed by atoms with E-state index in [1.54, 1.807) is 14.2 Å². The highest BCUT2D eigenvalue weighted by Gasteiger charge is 2.36. The third-order valence-electron chi connectivity index (χ3n) is 3.69. The lowest BCUT2D eigenvalue weighted by Gasteiger charge is -2.38. The van der Waals surface area contributed by atoms with Gasteiger partial charge in [0.15, 0.2) is 0 Å². The van der Waals surface area contributed by atoms with Crippen molar-refractivity contribution in [3.63, 3.8) is 0 Å². The second-order valence-electron chi connectivity index (χ2n) is 5.58. The van der Waals surface area contributed by atoms with Gasteiger partial charge in [-0.3, -0.25) is 0 Å². The summed E-state index contributed by atoms with van der Waals surface area (Å²) in [5, 5.41) is 0. The highest BCUT2D eigenvalue weighted by atomic mass is 16.5. The number of rotatable bonds is 3. The first-order valence-corrected chi connectivity index (χ1v) is 7.30. The number of aryl methyl sites for hydroxylation is 2. The molecule has 20 heavy (non-hydrogen) atoms. The molecule has 118 valence electrons. The van der Waals surface area contributed by atoms with Crippen molar-refractivity contribution in [1.82, 2.24) is 0 Å². The number of methoxy groups -OCH3 is 2. The zero-order valence-electron chi connectivity index (χ0n) is 15.1.